The van der Waals surface area contributed by atoms with E-state index in [0.717, 1.165) is 27.6 Å². The molecule has 5 aromatic rings. The minimum absolute atomic E-state index is 0.0859. The van der Waals surface area contributed by atoms with Crippen molar-refractivity contribution in [2.24, 2.45) is 14.1 Å². The molecule has 0 aliphatic rings. The number of benzene rings is 3. The maximum atomic E-state index is 12.8. The summed E-state index contributed by atoms with van der Waals surface area (Å²) in [5, 5.41) is 23.2. The first kappa shape index (κ1) is 23.1. The first-order valence-corrected chi connectivity index (χ1v) is 11.5. The minimum Gasteiger partial charge on any atom is -0.392 e. The Kier molecular flexibility index (Phi) is 5.81. The van der Waals surface area contributed by atoms with Crippen LogP contribution in [0.15, 0.2) is 90.1 Å². The quantitative estimate of drug-likeness (QED) is 0.387. The molecule has 2 aromatic heterocycles. The lowest BCUT2D eigenvalue weighted by molar-refractivity contribution is 0.117. The van der Waals surface area contributed by atoms with Gasteiger partial charge in [0.25, 0.3) is 5.56 Å². The van der Waals surface area contributed by atoms with E-state index in [-0.39, 0.29) is 12.2 Å². The Bertz CT molecular complexity index is 1600. The van der Waals surface area contributed by atoms with Crippen molar-refractivity contribution in [2.75, 3.05) is 0 Å². The minimum atomic E-state index is -1.53. The lowest BCUT2D eigenvalue weighted by Gasteiger charge is -2.30. The number of aryl methyl sites for hydroxylation is 2. The second kappa shape index (κ2) is 8.82. The zero-order valence-corrected chi connectivity index (χ0v) is 20.1. The number of hydrogen-bond acceptors (Lipinski definition) is 4. The standard InChI is InChI=1S/C28H24ClN3O3/c1-31-17-30-15-26(31)28(35,20-8-6-18(16-33)7-9-20)21-10-11-25-24(13-21)23(14-27(34)32(25)2)19-4-3-5-22(29)12-19/h3-15,17,33,35H,16H2,1-2H3. The third-order valence-corrected chi connectivity index (χ3v) is 6.78. The molecule has 2 heterocycles. The number of fused-ring (bicyclic) bond motifs is 1. The highest BCUT2D eigenvalue weighted by atomic mass is 35.5. The van der Waals surface area contributed by atoms with E-state index in [1.165, 1.54) is 0 Å². The van der Waals surface area contributed by atoms with Gasteiger partial charge in [0.2, 0.25) is 0 Å². The summed E-state index contributed by atoms with van der Waals surface area (Å²) in [5.74, 6) is 0. The van der Waals surface area contributed by atoms with Gasteiger partial charge in [0.15, 0.2) is 5.60 Å². The van der Waals surface area contributed by atoms with Gasteiger partial charge in [-0.3, -0.25) is 4.79 Å². The molecule has 0 aliphatic heterocycles. The van der Waals surface area contributed by atoms with Crippen molar-refractivity contribution < 1.29 is 10.2 Å². The number of halogens is 1. The third-order valence-electron chi connectivity index (χ3n) is 6.54. The van der Waals surface area contributed by atoms with Gasteiger partial charge in [-0.15, -0.1) is 0 Å². The van der Waals surface area contributed by atoms with Gasteiger partial charge in [-0.2, -0.15) is 0 Å². The Morgan fingerprint density at radius 3 is 2.37 bits per heavy atom. The second-order valence-corrected chi connectivity index (χ2v) is 9.09. The Labute approximate surface area is 207 Å². The van der Waals surface area contributed by atoms with Crippen molar-refractivity contribution in [3.05, 3.63) is 123 Å². The molecule has 7 heteroatoms. The Morgan fingerprint density at radius 2 is 1.71 bits per heavy atom. The van der Waals surface area contributed by atoms with Crippen LogP contribution < -0.4 is 5.56 Å². The van der Waals surface area contributed by atoms with Crippen LogP contribution in [0.25, 0.3) is 22.0 Å². The smallest absolute Gasteiger partial charge is 0.251 e. The van der Waals surface area contributed by atoms with Crippen LogP contribution in [0.1, 0.15) is 22.4 Å². The number of nitrogens with zero attached hydrogens (tertiary/aromatic N) is 3. The average molecular weight is 486 g/mol. The predicted octanol–water partition coefficient (Wildman–Crippen LogP) is 4.37. The Balaban J connectivity index is 1.82. The van der Waals surface area contributed by atoms with Crippen LogP contribution >= 0.6 is 11.6 Å². The van der Waals surface area contributed by atoms with E-state index in [0.29, 0.717) is 21.8 Å². The predicted molar refractivity (Wildman–Crippen MR) is 137 cm³/mol. The van der Waals surface area contributed by atoms with Crippen molar-refractivity contribution in [2.45, 2.75) is 12.2 Å². The van der Waals surface area contributed by atoms with E-state index in [2.05, 4.69) is 4.98 Å². The van der Waals surface area contributed by atoms with Gasteiger partial charge in [-0.1, -0.05) is 54.1 Å². The summed E-state index contributed by atoms with van der Waals surface area (Å²) >= 11 is 6.26. The molecule has 0 saturated heterocycles. The van der Waals surface area contributed by atoms with Gasteiger partial charge in [0.1, 0.15) is 0 Å². The molecule has 2 N–H and O–H groups in total. The van der Waals surface area contributed by atoms with Crippen LogP contribution in [-0.4, -0.2) is 24.3 Å². The fourth-order valence-corrected chi connectivity index (χ4v) is 4.79. The van der Waals surface area contributed by atoms with Crippen LogP contribution in [0.4, 0.5) is 0 Å². The van der Waals surface area contributed by atoms with Gasteiger partial charge in [0.05, 0.1) is 30.3 Å². The van der Waals surface area contributed by atoms with Crippen molar-refractivity contribution in [1.29, 1.82) is 0 Å². The summed E-state index contributed by atoms with van der Waals surface area (Å²) in [5.41, 5.74) is 3.19. The summed E-state index contributed by atoms with van der Waals surface area (Å²) in [6, 6.07) is 21.8. The van der Waals surface area contributed by atoms with E-state index >= 15 is 0 Å². The summed E-state index contributed by atoms with van der Waals surface area (Å²) < 4.78 is 3.37. The molecular formula is C28H24ClN3O3. The number of hydrogen-bond donors (Lipinski definition) is 2. The van der Waals surface area contributed by atoms with Gasteiger partial charge in [-0.05, 0) is 52.1 Å². The normalized spacial score (nSPS) is 13.2. The number of pyridine rings is 1. The fraction of sp³-hybridized carbons (Fsp3) is 0.143. The van der Waals surface area contributed by atoms with Crippen LogP contribution in [-0.2, 0) is 26.3 Å². The SMILES string of the molecule is Cn1cncc1C(O)(c1ccc(CO)cc1)c1ccc2c(c1)c(-c1cccc(Cl)c1)cc(=O)n2C. The zero-order valence-electron chi connectivity index (χ0n) is 19.3. The van der Waals surface area contributed by atoms with Crippen LogP contribution in [0.5, 0.6) is 0 Å². The molecule has 0 bridgehead atoms. The van der Waals surface area contributed by atoms with Gasteiger partial charge in [0, 0.05) is 30.6 Å². The lowest BCUT2D eigenvalue weighted by atomic mass is 9.82. The number of rotatable bonds is 5. The average Bonchev–Trinajstić information content (AvgIpc) is 3.31. The number of imidazole rings is 1. The van der Waals surface area contributed by atoms with Gasteiger partial charge in [-0.25, -0.2) is 4.98 Å². The van der Waals surface area contributed by atoms with Crippen molar-refractivity contribution >= 4 is 22.5 Å². The highest BCUT2D eigenvalue weighted by Gasteiger charge is 2.37. The van der Waals surface area contributed by atoms with Crippen molar-refractivity contribution in [3.8, 4) is 11.1 Å². The number of aliphatic hydroxyl groups excluding tert-OH is 1. The van der Waals surface area contributed by atoms with Crippen LogP contribution in [0, 0.1) is 0 Å². The van der Waals surface area contributed by atoms with Crippen molar-refractivity contribution in [3.63, 3.8) is 0 Å². The molecule has 1 atom stereocenters. The van der Waals surface area contributed by atoms with E-state index < -0.39 is 5.60 Å². The molecule has 0 fully saturated rings. The molecule has 0 spiro atoms. The maximum absolute atomic E-state index is 12.8. The summed E-state index contributed by atoms with van der Waals surface area (Å²) in [7, 11) is 3.56. The summed E-state index contributed by atoms with van der Waals surface area (Å²) in [4.78, 5) is 17.0. The van der Waals surface area contributed by atoms with E-state index in [1.54, 1.807) is 65.1 Å². The monoisotopic (exact) mass is 485 g/mol. The molecule has 176 valence electrons. The molecule has 5 rings (SSSR count). The highest BCUT2D eigenvalue weighted by molar-refractivity contribution is 6.30. The Morgan fingerprint density at radius 1 is 0.971 bits per heavy atom. The van der Waals surface area contributed by atoms with Gasteiger partial charge < -0.3 is 19.3 Å². The molecular weight excluding hydrogens is 462 g/mol. The van der Waals surface area contributed by atoms with E-state index in [1.807, 2.05) is 43.4 Å². The zero-order chi connectivity index (χ0) is 24.7. The largest absolute Gasteiger partial charge is 0.392 e. The van der Waals surface area contributed by atoms with E-state index in [4.69, 9.17) is 11.6 Å². The molecule has 6 nitrogen and oxygen atoms in total. The van der Waals surface area contributed by atoms with Crippen LogP contribution in [0.2, 0.25) is 5.02 Å². The third kappa shape index (κ3) is 3.86. The molecule has 0 saturated carbocycles. The summed E-state index contributed by atoms with van der Waals surface area (Å²) in [6.07, 6.45) is 3.29. The molecule has 3 aromatic carbocycles. The fourth-order valence-electron chi connectivity index (χ4n) is 4.60. The topological polar surface area (TPSA) is 80.3 Å². The highest BCUT2D eigenvalue weighted by Crippen LogP contribution is 2.39. The van der Waals surface area contributed by atoms with Crippen molar-refractivity contribution in [1.82, 2.24) is 14.1 Å². The molecule has 1 unspecified atom stereocenters. The van der Waals surface area contributed by atoms with Gasteiger partial charge >= 0.3 is 0 Å². The second-order valence-electron chi connectivity index (χ2n) is 8.65. The number of aliphatic hydroxyl groups is 2. The molecule has 0 amide bonds. The van der Waals surface area contributed by atoms with Crippen LogP contribution in [0.3, 0.4) is 0 Å². The molecule has 35 heavy (non-hydrogen) atoms. The number of aromatic nitrogens is 3. The molecule has 0 radical (unpaired) electrons. The maximum Gasteiger partial charge on any atom is 0.251 e. The summed E-state index contributed by atoms with van der Waals surface area (Å²) in [6.45, 7) is -0.0859. The first-order valence-electron chi connectivity index (χ1n) is 11.1. The van der Waals surface area contributed by atoms with E-state index in [9.17, 15) is 15.0 Å². The lowest BCUT2D eigenvalue weighted by Crippen LogP contribution is -2.31. The Hall–Kier alpha value is -3.71. The first-order chi connectivity index (χ1) is 16.8. The molecule has 0 aliphatic carbocycles.